The molecule has 0 radical (unpaired) electrons. The van der Waals surface area contributed by atoms with Crippen LogP contribution in [0.4, 0.5) is 0 Å². The Labute approximate surface area is 164 Å². The molecule has 0 amide bonds. The maximum absolute atomic E-state index is 11.7. The summed E-state index contributed by atoms with van der Waals surface area (Å²) >= 11 is 0. The largest absolute Gasteiger partial charge is 0.496 e. The molecular formula is C25H18O3. The summed E-state index contributed by atoms with van der Waals surface area (Å²) in [7, 11) is 2.84. The average Bonchev–Trinajstić information content (AvgIpc) is 2.76. The maximum Gasteiger partial charge on any atom is 0.341 e. The fraction of sp³-hybridized carbons (Fsp3) is 0.0800. The molecule has 0 aliphatic rings. The van der Waals surface area contributed by atoms with Crippen LogP contribution in [0, 0.1) is 23.7 Å². The number of esters is 1. The van der Waals surface area contributed by atoms with Gasteiger partial charge in [-0.15, -0.1) is 0 Å². The van der Waals surface area contributed by atoms with E-state index < -0.39 is 5.97 Å². The van der Waals surface area contributed by atoms with Crippen LogP contribution in [0.5, 0.6) is 5.75 Å². The Kier molecular flexibility index (Phi) is 6.13. The van der Waals surface area contributed by atoms with E-state index in [0.717, 1.165) is 22.3 Å². The van der Waals surface area contributed by atoms with Crippen LogP contribution in [0.3, 0.4) is 0 Å². The molecular weight excluding hydrogens is 348 g/mol. The number of ether oxygens (including phenoxy) is 2. The maximum atomic E-state index is 11.7. The molecule has 0 aliphatic carbocycles. The molecule has 0 N–H and O–H groups in total. The second-order valence-corrected chi connectivity index (χ2v) is 5.85. The molecule has 3 aromatic rings. The van der Waals surface area contributed by atoms with Crippen molar-refractivity contribution in [2.24, 2.45) is 0 Å². The molecule has 136 valence electrons. The number of benzene rings is 3. The lowest BCUT2D eigenvalue weighted by Crippen LogP contribution is -2.04. The summed E-state index contributed by atoms with van der Waals surface area (Å²) in [5, 5.41) is 0. The molecule has 0 saturated carbocycles. The van der Waals surface area contributed by atoms with Gasteiger partial charge in [0, 0.05) is 22.3 Å². The Balaban J connectivity index is 1.83. The zero-order chi connectivity index (χ0) is 19.8. The molecule has 0 spiro atoms. The summed E-state index contributed by atoms with van der Waals surface area (Å²) in [6.45, 7) is 0. The normalized spacial score (nSPS) is 9.36. The summed E-state index contributed by atoms with van der Waals surface area (Å²) in [6, 6.07) is 22.7. The third-order valence-corrected chi connectivity index (χ3v) is 3.95. The van der Waals surface area contributed by atoms with E-state index in [1.165, 1.54) is 14.2 Å². The Morgan fingerprint density at radius 2 is 1.25 bits per heavy atom. The van der Waals surface area contributed by atoms with Gasteiger partial charge in [0.05, 0.1) is 14.2 Å². The van der Waals surface area contributed by atoms with Crippen molar-refractivity contribution < 1.29 is 14.3 Å². The van der Waals surface area contributed by atoms with Crippen LogP contribution in [0.25, 0.3) is 0 Å². The van der Waals surface area contributed by atoms with E-state index >= 15 is 0 Å². The molecule has 0 unspecified atom stereocenters. The highest BCUT2D eigenvalue weighted by Gasteiger charge is 2.12. The van der Waals surface area contributed by atoms with Crippen molar-refractivity contribution in [3.63, 3.8) is 0 Å². The summed E-state index contributed by atoms with van der Waals surface area (Å²) < 4.78 is 10.0. The number of carbonyl (C=O) groups is 1. The van der Waals surface area contributed by atoms with Crippen LogP contribution < -0.4 is 4.74 Å². The molecule has 3 nitrogen and oxygen atoms in total. The molecule has 0 fully saturated rings. The summed E-state index contributed by atoms with van der Waals surface area (Å²) in [4.78, 5) is 11.7. The number of hydrogen-bond acceptors (Lipinski definition) is 3. The van der Waals surface area contributed by atoms with E-state index in [9.17, 15) is 4.79 Å². The van der Waals surface area contributed by atoms with Crippen LogP contribution in [-0.4, -0.2) is 20.2 Å². The van der Waals surface area contributed by atoms with E-state index in [1.807, 2.05) is 54.6 Å². The van der Waals surface area contributed by atoms with Gasteiger partial charge in [-0.2, -0.15) is 0 Å². The van der Waals surface area contributed by atoms with Crippen molar-refractivity contribution in [3.05, 3.63) is 101 Å². The zero-order valence-electron chi connectivity index (χ0n) is 15.7. The molecule has 0 bridgehead atoms. The predicted molar refractivity (Wildman–Crippen MR) is 109 cm³/mol. The van der Waals surface area contributed by atoms with Gasteiger partial charge in [-0.25, -0.2) is 4.79 Å². The first-order valence-corrected chi connectivity index (χ1v) is 8.65. The van der Waals surface area contributed by atoms with Gasteiger partial charge in [-0.3, -0.25) is 0 Å². The number of rotatable bonds is 2. The molecule has 3 heteroatoms. The Morgan fingerprint density at radius 3 is 1.86 bits per heavy atom. The molecule has 28 heavy (non-hydrogen) atoms. The van der Waals surface area contributed by atoms with Gasteiger partial charge in [-0.1, -0.05) is 47.9 Å². The minimum Gasteiger partial charge on any atom is -0.496 e. The van der Waals surface area contributed by atoms with Gasteiger partial charge in [0.15, 0.2) is 0 Å². The third-order valence-electron chi connectivity index (χ3n) is 3.95. The lowest BCUT2D eigenvalue weighted by molar-refractivity contribution is 0.0597. The first-order chi connectivity index (χ1) is 13.7. The fourth-order valence-electron chi connectivity index (χ4n) is 2.53. The Morgan fingerprint density at radius 1 is 0.679 bits per heavy atom. The second kappa shape index (κ2) is 9.12. The van der Waals surface area contributed by atoms with Crippen LogP contribution in [-0.2, 0) is 4.74 Å². The van der Waals surface area contributed by atoms with Crippen molar-refractivity contribution >= 4 is 5.97 Å². The highest BCUT2D eigenvalue weighted by Crippen LogP contribution is 2.20. The highest BCUT2D eigenvalue weighted by molar-refractivity contribution is 5.92. The fourth-order valence-corrected chi connectivity index (χ4v) is 2.53. The van der Waals surface area contributed by atoms with E-state index in [4.69, 9.17) is 9.47 Å². The summed E-state index contributed by atoms with van der Waals surface area (Å²) in [5.74, 6) is 12.5. The molecule has 0 aromatic heterocycles. The monoisotopic (exact) mass is 366 g/mol. The zero-order valence-corrected chi connectivity index (χ0v) is 15.7. The topological polar surface area (TPSA) is 35.5 Å². The van der Waals surface area contributed by atoms with Crippen molar-refractivity contribution in [3.8, 4) is 29.4 Å². The average molecular weight is 366 g/mol. The molecule has 0 heterocycles. The van der Waals surface area contributed by atoms with E-state index in [-0.39, 0.29) is 0 Å². The van der Waals surface area contributed by atoms with E-state index in [1.54, 1.807) is 18.2 Å². The number of hydrogen-bond donors (Lipinski definition) is 0. The van der Waals surface area contributed by atoms with Crippen molar-refractivity contribution in [2.75, 3.05) is 14.2 Å². The van der Waals surface area contributed by atoms with E-state index in [2.05, 4.69) is 23.7 Å². The van der Waals surface area contributed by atoms with Gasteiger partial charge in [0.1, 0.15) is 11.3 Å². The SMILES string of the molecule is COC(=O)c1ccc(C#Cc2cccc(C#Cc3ccccc3)c2)cc1OC. The Hall–Kier alpha value is -3.95. The first kappa shape index (κ1) is 18.8. The molecule has 3 aromatic carbocycles. The number of carbonyl (C=O) groups excluding carboxylic acids is 1. The van der Waals surface area contributed by atoms with Crippen LogP contribution >= 0.6 is 0 Å². The predicted octanol–water partition coefficient (Wildman–Crippen LogP) is 4.28. The minimum absolute atomic E-state index is 0.369. The van der Waals surface area contributed by atoms with Crippen molar-refractivity contribution in [1.29, 1.82) is 0 Å². The quantitative estimate of drug-likeness (QED) is 0.502. The minimum atomic E-state index is -0.443. The van der Waals surface area contributed by atoms with E-state index in [0.29, 0.717) is 11.3 Å². The lowest BCUT2D eigenvalue weighted by atomic mass is 10.1. The van der Waals surface area contributed by atoms with Crippen LogP contribution in [0.2, 0.25) is 0 Å². The third kappa shape index (κ3) is 4.81. The first-order valence-electron chi connectivity index (χ1n) is 8.65. The van der Waals surface area contributed by atoms with Gasteiger partial charge < -0.3 is 9.47 Å². The molecule has 0 saturated heterocycles. The van der Waals surface area contributed by atoms with Crippen molar-refractivity contribution in [2.45, 2.75) is 0 Å². The van der Waals surface area contributed by atoms with Gasteiger partial charge in [0.25, 0.3) is 0 Å². The van der Waals surface area contributed by atoms with Gasteiger partial charge in [0.2, 0.25) is 0 Å². The second-order valence-electron chi connectivity index (χ2n) is 5.85. The molecule has 0 atom stereocenters. The molecule has 0 aliphatic heterocycles. The Bertz CT molecular complexity index is 1110. The summed E-state index contributed by atoms with van der Waals surface area (Å²) in [6.07, 6.45) is 0. The highest BCUT2D eigenvalue weighted by atomic mass is 16.5. The smallest absolute Gasteiger partial charge is 0.341 e. The van der Waals surface area contributed by atoms with Gasteiger partial charge in [-0.05, 0) is 48.5 Å². The van der Waals surface area contributed by atoms with Crippen LogP contribution in [0.15, 0.2) is 72.8 Å². The standard InChI is InChI=1S/C25H18O3/c1-27-24-18-22(15-16-23(24)25(26)28-2)14-13-21-10-6-9-20(17-21)12-11-19-7-4-3-5-8-19/h3-10,15-18H,1-2H3. The lowest BCUT2D eigenvalue weighted by Gasteiger charge is -2.06. The van der Waals surface area contributed by atoms with Gasteiger partial charge >= 0.3 is 5.97 Å². The number of methoxy groups -OCH3 is 2. The molecule has 3 rings (SSSR count). The summed E-state index contributed by atoms with van der Waals surface area (Å²) in [5.41, 5.74) is 3.83. The van der Waals surface area contributed by atoms with Crippen LogP contribution in [0.1, 0.15) is 32.6 Å². The van der Waals surface area contributed by atoms with Crippen molar-refractivity contribution in [1.82, 2.24) is 0 Å².